The van der Waals surface area contributed by atoms with Crippen molar-refractivity contribution in [2.24, 2.45) is 0 Å². The summed E-state index contributed by atoms with van der Waals surface area (Å²) in [6.07, 6.45) is 4.25. The quantitative estimate of drug-likeness (QED) is 0.243. The predicted molar refractivity (Wildman–Crippen MR) is 147 cm³/mol. The Labute approximate surface area is 226 Å². The maximum atomic E-state index is 14.3. The van der Waals surface area contributed by atoms with Crippen LogP contribution in [-0.2, 0) is 15.2 Å². The number of hydrogen-bond acceptors (Lipinski definition) is 4. The molecular weight excluding hydrogens is 505 g/mol. The fourth-order valence-electron chi connectivity index (χ4n) is 5.61. The number of carbonyl (C=O) groups is 2. The predicted octanol–water partition coefficient (Wildman–Crippen LogP) is 7.34. The van der Waals surface area contributed by atoms with Gasteiger partial charge in [0.1, 0.15) is 17.3 Å². The Morgan fingerprint density at radius 3 is 2.34 bits per heavy atom. The molecule has 3 aromatic carbocycles. The van der Waals surface area contributed by atoms with E-state index in [1.165, 1.54) is 12.1 Å². The Morgan fingerprint density at radius 1 is 1.03 bits per heavy atom. The van der Waals surface area contributed by atoms with Gasteiger partial charge in [0.05, 0.1) is 23.2 Å². The topological polar surface area (TPSA) is 64.4 Å². The minimum absolute atomic E-state index is 0.137. The van der Waals surface area contributed by atoms with Crippen LogP contribution in [0.3, 0.4) is 0 Å². The molecule has 0 spiro atoms. The number of halogens is 2. The van der Waals surface area contributed by atoms with Crippen molar-refractivity contribution in [1.29, 1.82) is 0 Å². The molecular formula is C30H29ClFN3O3. The Bertz CT molecular complexity index is 1480. The number of aromatic nitrogens is 2. The van der Waals surface area contributed by atoms with Crippen LogP contribution >= 0.6 is 11.6 Å². The van der Waals surface area contributed by atoms with E-state index in [2.05, 4.69) is 4.57 Å². The summed E-state index contributed by atoms with van der Waals surface area (Å²) in [5.41, 5.74) is 2.36. The number of ether oxygens (including phenoxy) is 1. The largest absolute Gasteiger partial charge is 0.462 e. The second-order valence-corrected chi connectivity index (χ2v) is 10.0. The Morgan fingerprint density at radius 2 is 1.71 bits per heavy atom. The van der Waals surface area contributed by atoms with Gasteiger partial charge in [-0.2, -0.15) is 0 Å². The number of esters is 1. The van der Waals surface area contributed by atoms with Crippen LogP contribution in [0, 0.1) is 5.82 Å². The lowest BCUT2D eigenvalue weighted by molar-refractivity contribution is -0.119. The molecule has 1 aliphatic rings. The maximum absolute atomic E-state index is 14.3. The van der Waals surface area contributed by atoms with Crippen LogP contribution in [0.25, 0.3) is 22.4 Å². The number of amides is 1. The third-order valence-corrected chi connectivity index (χ3v) is 7.41. The number of carbonyl (C=O) groups excluding carboxylic acids is 2. The molecule has 6 nitrogen and oxygen atoms in total. The van der Waals surface area contributed by atoms with Gasteiger partial charge in [0.15, 0.2) is 0 Å². The number of anilines is 1. The number of benzene rings is 3. The van der Waals surface area contributed by atoms with Crippen molar-refractivity contribution in [3.63, 3.8) is 0 Å². The van der Waals surface area contributed by atoms with Gasteiger partial charge in [-0.3, -0.25) is 14.3 Å². The fourth-order valence-corrected chi connectivity index (χ4v) is 5.73. The zero-order valence-electron chi connectivity index (χ0n) is 21.4. The van der Waals surface area contributed by atoms with E-state index in [9.17, 15) is 14.0 Å². The van der Waals surface area contributed by atoms with Crippen LogP contribution < -0.4 is 4.90 Å². The van der Waals surface area contributed by atoms with Gasteiger partial charge in [-0.25, -0.2) is 14.2 Å². The Hall–Kier alpha value is -3.71. The average Bonchev–Trinajstić information content (AvgIpc) is 3.29. The van der Waals surface area contributed by atoms with E-state index in [0.717, 1.165) is 30.3 Å². The first-order chi connectivity index (χ1) is 18.3. The number of rotatable bonds is 6. The lowest BCUT2D eigenvalue weighted by Gasteiger charge is -2.48. The second-order valence-electron chi connectivity index (χ2n) is 9.58. The molecule has 4 aromatic rings. The summed E-state index contributed by atoms with van der Waals surface area (Å²) >= 11 is 6.18. The summed E-state index contributed by atoms with van der Waals surface area (Å²) in [5.74, 6) is -0.283. The molecule has 8 heteroatoms. The van der Waals surface area contributed by atoms with Crippen LogP contribution in [-0.4, -0.2) is 28.0 Å². The van der Waals surface area contributed by atoms with E-state index in [-0.39, 0.29) is 18.3 Å². The molecule has 0 unspecified atom stereocenters. The number of hydrogen-bond donors (Lipinski definition) is 0. The van der Waals surface area contributed by atoms with Gasteiger partial charge in [-0.05, 0) is 93.3 Å². The minimum Gasteiger partial charge on any atom is -0.462 e. The molecule has 1 heterocycles. The highest BCUT2D eigenvalue weighted by molar-refractivity contribution is 6.30. The van der Waals surface area contributed by atoms with Crippen molar-refractivity contribution < 1.29 is 18.7 Å². The highest BCUT2D eigenvalue weighted by Gasteiger charge is 2.44. The van der Waals surface area contributed by atoms with Gasteiger partial charge >= 0.3 is 5.97 Å². The lowest BCUT2D eigenvalue weighted by atomic mass is 9.85. The number of nitrogens with zero attached hydrogens (tertiary/aromatic N) is 3. The zero-order chi connectivity index (χ0) is 26.9. The van der Waals surface area contributed by atoms with Gasteiger partial charge in [0.25, 0.3) is 0 Å². The third-order valence-electron chi connectivity index (χ3n) is 7.16. The lowest BCUT2D eigenvalue weighted by Crippen LogP contribution is -2.54. The van der Waals surface area contributed by atoms with Crippen molar-refractivity contribution in [1.82, 2.24) is 9.55 Å². The molecule has 0 saturated heterocycles. The molecule has 0 N–H and O–H groups in total. The highest BCUT2D eigenvalue weighted by atomic mass is 35.5. The molecule has 0 bridgehead atoms. The SMILES string of the molecule is CCOC(=O)c1ccc(N(C(C)=O)C2(n3c(-c4ccc(Cl)cc4)nc4cc(F)ccc43)CCCCC2)cc1. The molecule has 1 aromatic heterocycles. The molecule has 1 fully saturated rings. The van der Waals surface area contributed by atoms with Crippen LogP contribution in [0.2, 0.25) is 5.02 Å². The van der Waals surface area contributed by atoms with Gasteiger partial charge in [0, 0.05) is 29.3 Å². The first-order valence-corrected chi connectivity index (χ1v) is 13.2. The van der Waals surface area contributed by atoms with Crippen molar-refractivity contribution in [3.05, 3.63) is 83.1 Å². The van der Waals surface area contributed by atoms with Crippen molar-refractivity contribution in [2.75, 3.05) is 11.5 Å². The fraction of sp³-hybridized carbons (Fsp3) is 0.300. The summed E-state index contributed by atoms with van der Waals surface area (Å²) < 4.78 is 21.5. The summed E-state index contributed by atoms with van der Waals surface area (Å²) in [7, 11) is 0. The standard InChI is InChI=1S/C30H29ClFN3O3/c1-3-38-29(37)22-9-14-25(15-10-22)34(20(2)36)30(17-5-4-6-18-30)35-27-16-13-24(32)19-26(27)33-28(35)21-7-11-23(31)12-8-21/h7-16,19H,3-6,17-18H2,1-2H3. The second kappa shape index (κ2) is 10.6. The van der Waals surface area contributed by atoms with Crippen molar-refractivity contribution in [2.45, 2.75) is 51.6 Å². The van der Waals surface area contributed by atoms with Crippen LogP contribution in [0.1, 0.15) is 56.3 Å². The van der Waals surface area contributed by atoms with Crippen LogP contribution in [0.5, 0.6) is 0 Å². The van der Waals surface area contributed by atoms with E-state index in [1.807, 2.05) is 17.0 Å². The molecule has 196 valence electrons. The smallest absolute Gasteiger partial charge is 0.338 e. The first kappa shape index (κ1) is 25.9. The Balaban J connectivity index is 1.74. The highest BCUT2D eigenvalue weighted by Crippen LogP contribution is 2.45. The molecule has 0 radical (unpaired) electrons. The van der Waals surface area contributed by atoms with E-state index in [4.69, 9.17) is 21.3 Å². The molecule has 0 aliphatic heterocycles. The van der Waals surface area contributed by atoms with E-state index >= 15 is 0 Å². The minimum atomic E-state index is -0.795. The van der Waals surface area contributed by atoms with E-state index < -0.39 is 11.6 Å². The first-order valence-electron chi connectivity index (χ1n) is 12.9. The molecule has 1 amide bonds. The van der Waals surface area contributed by atoms with Crippen LogP contribution in [0.15, 0.2) is 66.7 Å². The summed E-state index contributed by atoms with van der Waals surface area (Å²) in [6.45, 7) is 3.59. The van der Waals surface area contributed by atoms with Crippen LogP contribution in [0.4, 0.5) is 10.1 Å². The van der Waals surface area contributed by atoms with E-state index in [1.54, 1.807) is 56.3 Å². The van der Waals surface area contributed by atoms with Gasteiger partial charge in [0.2, 0.25) is 5.91 Å². The van der Waals surface area contributed by atoms with Gasteiger partial charge < -0.3 is 4.74 Å². The Kier molecular flexibility index (Phi) is 7.21. The third kappa shape index (κ3) is 4.67. The molecule has 5 rings (SSSR count). The summed E-state index contributed by atoms with van der Waals surface area (Å²) in [4.78, 5) is 32.4. The number of imidazole rings is 1. The molecule has 0 atom stereocenters. The maximum Gasteiger partial charge on any atom is 0.338 e. The summed E-state index contributed by atoms with van der Waals surface area (Å²) in [5, 5.41) is 0.599. The van der Waals surface area contributed by atoms with Crippen molar-refractivity contribution in [3.8, 4) is 11.4 Å². The average molecular weight is 534 g/mol. The zero-order valence-corrected chi connectivity index (χ0v) is 22.2. The van der Waals surface area contributed by atoms with E-state index in [0.29, 0.717) is 40.5 Å². The molecule has 1 saturated carbocycles. The summed E-state index contributed by atoms with van der Waals surface area (Å²) in [6, 6.07) is 18.9. The molecule has 38 heavy (non-hydrogen) atoms. The molecule has 1 aliphatic carbocycles. The number of fused-ring (bicyclic) bond motifs is 1. The monoisotopic (exact) mass is 533 g/mol. The van der Waals surface area contributed by atoms with Gasteiger partial charge in [-0.15, -0.1) is 0 Å². The van der Waals surface area contributed by atoms with Gasteiger partial charge in [-0.1, -0.05) is 18.0 Å². The van der Waals surface area contributed by atoms with Crippen molar-refractivity contribution >= 4 is 40.2 Å². The normalized spacial score (nSPS) is 14.8.